The summed E-state index contributed by atoms with van der Waals surface area (Å²) in [7, 11) is 0. The quantitative estimate of drug-likeness (QED) is 0.853. The first-order valence-corrected chi connectivity index (χ1v) is 7.31. The Hall–Kier alpha value is -1.78. The molecule has 0 radical (unpaired) electrons. The highest BCUT2D eigenvalue weighted by Gasteiger charge is 2.12. The van der Waals surface area contributed by atoms with Crippen LogP contribution < -0.4 is 10.6 Å². The molecule has 0 saturated carbocycles. The molecule has 0 atom stereocenters. The third-order valence-electron chi connectivity index (χ3n) is 2.75. The highest BCUT2D eigenvalue weighted by atomic mass is 35.5. The highest BCUT2D eigenvalue weighted by molar-refractivity contribution is 6.35. The molecule has 2 rings (SSSR count). The Kier molecular flexibility index (Phi) is 5.42. The number of carbonyl (C=O) groups is 1. The molecular formula is C15H15Cl2N3O. The molecule has 0 aliphatic heterocycles. The normalized spacial score (nSPS) is 10.2. The van der Waals surface area contributed by atoms with Crippen LogP contribution in [-0.4, -0.2) is 17.4 Å². The average Bonchev–Trinajstić information content (AvgIpc) is 2.44. The van der Waals surface area contributed by atoms with Crippen LogP contribution >= 0.6 is 23.2 Å². The molecule has 1 amide bonds. The van der Waals surface area contributed by atoms with E-state index in [1.807, 2.05) is 0 Å². The Bertz CT molecular complexity index is 626. The van der Waals surface area contributed by atoms with E-state index >= 15 is 0 Å². The van der Waals surface area contributed by atoms with Gasteiger partial charge in [-0.1, -0.05) is 30.1 Å². The molecule has 21 heavy (non-hydrogen) atoms. The minimum absolute atomic E-state index is 0.241. The third kappa shape index (κ3) is 4.34. The van der Waals surface area contributed by atoms with E-state index in [0.717, 1.165) is 13.0 Å². The second kappa shape index (κ2) is 7.29. The van der Waals surface area contributed by atoms with Crippen molar-refractivity contribution < 1.29 is 4.79 Å². The summed E-state index contributed by atoms with van der Waals surface area (Å²) in [5.74, 6) is -0.241. The van der Waals surface area contributed by atoms with Gasteiger partial charge in [0.25, 0.3) is 5.91 Å². The topological polar surface area (TPSA) is 54.0 Å². The summed E-state index contributed by atoms with van der Waals surface area (Å²) in [6.45, 7) is 2.83. The first-order chi connectivity index (χ1) is 10.1. The zero-order valence-corrected chi connectivity index (χ0v) is 13.0. The predicted molar refractivity (Wildman–Crippen MR) is 87.4 cm³/mol. The van der Waals surface area contributed by atoms with Crippen molar-refractivity contribution in [3.63, 3.8) is 0 Å². The Morgan fingerprint density at radius 3 is 2.62 bits per heavy atom. The fraction of sp³-hybridized carbons (Fsp3) is 0.200. The summed E-state index contributed by atoms with van der Waals surface area (Å²) >= 11 is 11.8. The minimum Gasteiger partial charge on any atom is -0.383 e. The van der Waals surface area contributed by atoms with Gasteiger partial charge in [0, 0.05) is 28.5 Å². The third-order valence-corrected chi connectivity index (χ3v) is 3.19. The molecule has 2 N–H and O–H groups in total. The molecule has 0 saturated heterocycles. The highest BCUT2D eigenvalue weighted by Crippen LogP contribution is 2.23. The van der Waals surface area contributed by atoms with Gasteiger partial charge in [0.1, 0.15) is 0 Å². The first kappa shape index (κ1) is 15.6. The van der Waals surface area contributed by atoms with Crippen LogP contribution in [0, 0.1) is 0 Å². The molecule has 0 bridgehead atoms. The number of rotatable bonds is 5. The molecule has 110 valence electrons. The van der Waals surface area contributed by atoms with Gasteiger partial charge in [-0.3, -0.25) is 9.78 Å². The van der Waals surface area contributed by atoms with Crippen LogP contribution in [0.4, 0.5) is 11.4 Å². The maximum Gasteiger partial charge on any atom is 0.257 e. The van der Waals surface area contributed by atoms with Gasteiger partial charge in [0.2, 0.25) is 0 Å². The molecular weight excluding hydrogens is 309 g/mol. The standard InChI is InChI=1S/C15H15Cl2N3O/c1-2-4-19-14-9-18-5-3-13(14)15(21)20-12-7-10(16)6-11(17)8-12/h3,5-9,19H,2,4H2,1H3,(H,20,21). The number of nitrogens with one attached hydrogen (secondary N) is 2. The van der Waals surface area contributed by atoms with Gasteiger partial charge < -0.3 is 10.6 Å². The van der Waals surface area contributed by atoms with Crippen LogP contribution in [0.15, 0.2) is 36.7 Å². The van der Waals surface area contributed by atoms with Gasteiger partial charge in [0.15, 0.2) is 0 Å². The summed E-state index contributed by atoms with van der Waals surface area (Å²) in [6.07, 6.45) is 4.17. The van der Waals surface area contributed by atoms with E-state index in [1.54, 1.807) is 36.7 Å². The van der Waals surface area contributed by atoms with Crippen LogP contribution in [0.2, 0.25) is 10.0 Å². The van der Waals surface area contributed by atoms with Gasteiger partial charge in [-0.15, -0.1) is 0 Å². The van der Waals surface area contributed by atoms with Crippen molar-refractivity contribution in [2.75, 3.05) is 17.2 Å². The molecule has 0 aliphatic carbocycles. The number of amides is 1. The van der Waals surface area contributed by atoms with Gasteiger partial charge in [-0.2, -0.15) is 0 Å². The van der Waals surface area contributed by atoms with Crippen LogP contribution in [0.1, 0.15) is 23.7 Å². The van der Waals surface area contributed by atoms with Crippen molar-refractivity contribution >= 4 is 40.5 Å². The second-order valence-corrected chi connectivity index (χ2v) is 5.33. The molecule has 1 heterocycles. The van der Waals surface area contributed by atoms with Gasteiger partial charge >= 0.3 is 0 Å². The molecule has 2 aromatic rings. The number of aromatic nitrogens is 1. The number of carbonyl (C=O) groups excluding carboxylic acids is 1. The van der Waals surface area contributed by atoms with Crippen LogP contribution in [0.5, 0.6) is 0 Å². The molecule has 1 aromatic carbocycles. The van der Waals surface area contributed by atoms with Gasteiger partial charge in [0.05, 0.1) is 17.4 Å². The van der Waals surface area contributed by atoms with Crippen LogP contribution in [0.25, 0.3) is 0 Å². The lowest BCUT2D eigenvalue weighted by atomic mass is 10.2. The number of nitrogens with zero attached hydrogens (tertiary/aromatic N) is 1. The molecule has 0 fully saturated rings. The summed E-state index contributed by atoms with van der Waals surface area (Å²) in [6, 6.07) is 6.57. The number of benzene rings is 1. The van der Waals surface area contributed by atoms with Crippen molar-refractivity contribution in [3.8, 4) is 0 Å². The SMILES string of the molecule is CCCNc1cnccc1C(=O)Nc1cc(Cl)cc(Cl)c1. The van der Waals surface area contributed by atoms with Crippen molar-refractivity contribution in [1.82, 2.24) is 4.98 Å². The van der Waals surface area contributed by atoms with Gasteiger partial charge in [-0.25, -0.2) is 0 Å². The average molecular weight is 324 g/mol. The molecule has 0 aliphatic rings. The zero-order chi connectivity index (χ0) is 15.2. The van der Waals surface area contributed by atoms with Crippen molar-refractivity contribution in [3.05, 3.63) is 52.3 Å². The maximum absolute atomic E-state index is 12.4. The molecule has 0 spiro atoms. The van der Waals surface area contributed by atoms with E-state index in [-0.39, 0.29) is 5.91 Å². The van der Waals surface area contributed by atoms with E-state index in [1.165, 1.54) is 0 Å². The molecule has 0 unspecified atom stereocenters. The van der Waals surface area contributed by atoms with E-state index in [0.29, 0.717) is 27.0 Å². The lowest BCUT2D eigenvalue weighted by Gasteiger charge is -2.11. The summed E-state index contributed by atoms with van der Waals surface area (Å²) in [5.41, 5.74) is 1.77. The van der Waals surface area contributed by atoms with E-state index in [4.69, 9.17) is 23.2 Å². The molecule has 4 nitrogen and oxygen atoms in total. The Morgan fingerprint density at radius 2 is 1.95 bits per heavy atom. The number of hydrogen-bond acceptors (Lipinski definition) is 3. The first-order valence-electron chi connectivity index (χ1n) is 6.55. The Balaban J connectivity index is 2.20. The van der Waals surface area contributed by atoms with Gasteiger partial charge in [-0.05, 0) is 30.7 Å². The van der Waals surface area contributed by atoms with E-state index in [9.17, 15) is 4.79 Å². The van der Waals surface area contributed by atoms with Crippen LogP contribution in [0.3, 0.4) is 0 Å². The lowest BCUT2D eigenvalue weighted by molar-refractivity contribution is 0.102. The number of anilines is 2. The summed E-state index contributed by atoms with van der Waals surface area (Å²) in [5, 5.41) is 6.90. The fourth-order valence-corrected chi connectivity index (χ4v) is 2.34. The van der Waals surface area contributed by atoms with E-state index < -0.39 is 0 Å². The van der Waals surface area contributed by atoms with Crippen molar-refractivity contribution in [2.24, 2.45) is 0 Å². The minimum atomic E-state index is -0.241. The smallest absolute Gasteiger partial charge is 0.257 e. The Morgan fingerprint density at radius 1 is 1.24 bits per heavy atom. The zero-order valence-electron chi connectivity index (χ0n) is 11.5. The van der Waals surface area contributed by atoms with E-state index in [2.05, 4.69) is 22.5 Å². The maximum atomic E-state index is 12.4. The lowest BCUT2D eigenvalue weighted by Crippen LogP contribution is -2.15. The number of halogens is 2. The number of pyridine rings is 1. The largest absolute Gasteiger partial charge is 0.383 e. The second-order valence-electron chi connectivity index (χ2n) is 4.46. The molecule has 6 heteroatoms. The Labute approximate surface area is 133 Å². The monoisotopic (exact) mass is 323 g/mol. The summed E-state index contributed by atoms with van der Waals surface area (Å²) < 4.78 is 0. The predicted octanol–water partition coefficient (Wildman–Crippen LogP) is 4.46. The van der Waals surface area contributed by atoms with Crippen LogP contribution in [-0.2, 0) is 0 Å². The van der Waals surface area contributed by atoms with Crippen molar-refractivity contribution in [2.45, 2.75) is 13.3 Å². The number of hydrogen-bond donors (Lipinski definition) is 2. The van der Waals surface area contributed by atoms with Crippen molar-refractivity contribution in [1.29, 1.82) is 0 Å². The fourth-order valence-electron chi connectivity index (χ4n) is 1.82. The molecule has 1 aromatic heterocycles. The summed E-state index contributed by atoms with van der Waals surface area (Å²) in [4.78, 5) is 16.4.